The van der Waals surface area contributed by atoms with Gasteiger partial charge in [0.1, 0.15) is 23.8 Å². The van der Waals surface area contributed by atoms with E-state index in [0.717, 1.165) is 0 Å². The topological polar surface area (TPSA) is 118 Å². The van der Waals surface area contributed by atoms with Gasteiger partial charge in [0.25, 0.3) is 0 Å². The summed E-state index contributed by atoms with van der Waals surface area (Å²) in [7, 11) is 0. The Balaban J connectivity index is 2.32. The van der Waals surface area contributed by atoms with E-state index in [-0.39, 0.29) is 17.9 Å². The largest absolute Gasteiger partial charge is 0.346 e. The van der Waals surface area contributed by atoms with Crippen molar-refractivity contribution in [3.63, 3.8) is 0 Å². The Labute approximate surface area is 127 Å². The second-order valence-electron chi connectivity index (χ2n) is 5.49. The summed E-state index contributed by atoms with van der Waals surface area (Å²) in [6, 6.07) is -2.47. The highest BCUT2D eigenvalue weighted by atomic mass is 16.2. The van der Waals surface area contributed by atoms with Crippen molar-refractivity contribution in [2.75, 3.05) is 0 Å². The molecule has 2 bridgehead atoms. The van der Waals surface area contributed by atoms with Crippen LogP contribution in [0.3, 0.4) is 0 Å². The van der Waals surface area contributed by atoms with E-state index in [9.17, 15) is 14.4 Å². The maximum Gasteiger partial charge on any atom is 0.245 e. The second-order valence-corrected chi connectivity index (χ2v) is 5.49. The molecule has 1 aliphatic heterocycles. The number of rotatable bonds is 0. The third-order valence-corrected chi connectivity index (χ3v) is 3.61. The van der Waals surface area contributed by atoms with Gasteiger partial charge in [-0.1, -0.05) is 5.21 Å². The Morgan fingerprint density at radius 2 is 1.36 bits per heavy atom. The summed E-state index contributed by atoms with van der Waals surface area (Å²) in [5.74, 6) is -1.10. The first-order valence-corrected chi connectivity index (χ1v) is 7.12. The Morgan fingerprint density at radius 1 is 0.864 bits per heavy atom. The molecule has 0 saturated carbocycles. The molecule has 2 heterocycles. The van der Waals surface area contributed by atoms with Crippen LogP contribution in [0.2, 0.25) is 0 Å². The molecule has 0 spiro atoms. The molecular formula is C13H20N6O3. The molecule has 0 aliphatic carbocycles. The third kappa shape index (κ3) is 3.23. The average Bonchev–Trinajstić information content (AvgIpc) is 2.94. The lowest BCUT2D eigenvalue weighted by molar-refractivity contribution is -0.132. The summed E-state index contributed by atoms with van der Waals surface area (Å²) >= 11 is 0. The standard InChI is InChI=1S/C13H20N6O3/c1-6-10-5-19(18-17-10)9(4)13(22)16-8(3)12(21)15-7(2)11(20)14-6/h5-9H,1-4H3,(H,14,20)(H,15,21)(H,16,22)/t6-,7+,8-,9-/m1/s1. The third-order valence-electron chi connectivity index (χ3n) is 3.61. The monoisotopic (exact) mass is 308 g/mol. The Bertz CT molecular complexity index is 598. The lowest BCUT2D eigenvalue weighted by Crippen LogP contribution is -2.52. The van der Waals surface area contributed by atoms with Crippen molar-refractivity contribution in [2.24, 2.45) is 0 Å². The van der Waals surface area contributed by atoms with Crippen molar-refractivity contribution in [1.82, 2.24) is 30.9 Å². The number of nitrogens with zero attached hydrogens (tertiary/aromatic N) is 3. The number of nitrogens with one attached hydrogen (secondary N) is 3. The highest BCUT2D eigenvalue weighted by molar-refractivity contribution is 5.92. The summed E-state index contributed by atoms with van der Waals surface area (Å²) in [4.78, 5) is 36.2. The molecular weight excluding hydrogens is 288 g/mol. The number of hydrogen-bond acceptors (Lipinski definition) is 5. The molecule has 1 aliphatic rings. The van der Waals surface area contributed by atoms with E-state index in [1.54, 1.807) is 33.9 Å². The molecule has 9 heteroatoms. The highest BCUT2D eigenvalue weighted by Crippen LogP contribution is 2.12. The molecule has 3 amide bonds. The van der Waals surface area contributed by atoms with Crippen LogP contribution in [0.25, 0.3) is 0 Å². The fourth-order valence-electron chi connectivity index (χ4n) is 2.01. The molecule has 4 atom stereocenters. The van der Waals surface area contributed by atoms with E-state index < -0.39 is 24.0 Å². The minimum atomic E-state index is -0.758. The minimum absolute atomic E-state index is 0.332. The second kappa shape index (κ2) is 6.12. The fraction of sp³-hybridized carbons (Fsp3) is 0.615. The van der Waals surface area contributed by atoms with E-state index in [4.69, 9.17) is 0 Å². The van der Waals surface area contributed by atoms with Crippen molar-refractivity contribution < 1.29 is 14.4 Å². The molecule has 0 fully saturated rings. The van der Waals surface area contributed by atoms with Gasteiger partial charge in [-0.25, -0.2) is 4.68 Å². The summed E-state index contributed by atoms with van der Waals surface area (Å²) < 4.78 is 1.40. The first-order chi connectivity index (χ1) is 10.3. The van der Waals surface area contributed by atoms with Crippen molar-refractivity contribution in [3.05, 3.63) is 11.9 Å². The summed E-state index contributed by atoms with van der Waals surface area (Å²) in [5.41, 5.74) is 0.541. The van der Waals surface area contributed by atoms with Gasteiger partial charge in [-0.2, -0.15) is 0 Å². The number of aromatic nitrogens is 3. The molecule has 2 rings (SSSR count). The minimum Gasteiger partial charge on any atom is -0.346 e. The lowest BCUT2D eigenvalue weighted by Gasteiger charge is -2.20. The van der Waals surface area contributed by atoms with Crippen LogP contribution in [-0.4, -0.2) is 44.8 Å². The maximum atomic E-state index is 12.1. The smallest absolute Gasteiger partial charge is 0.245 e. The maximum absolute atomic E-state index is 12.1. The quantitative estimate of drug-likeness (QED) is 0.570. The van der Waals surface area contributed by atoms with Crippen LogP contribution in [0.1, 0.15) is 45.5 Å². The SMILES string of the molecule is C[C@@H]1NC(=O)[C@@H](C)NC(=O)[C@@H](C)n2cc(nn2)[C@@H](C)NC1=O. The van der Waals surface area contributed by atoms with Gasteiger partial charge in [0.05, 0.1) is 12.2 Å². The van der Waals surface area contributed by atoms with Crippen molar-refractivity contribution in [2.45, 2.75) is 51.9 Å². The van der Waals surface area contributed by atoms with Crippen LogP contribution in [0.15, 0.2) is 6.20 Å². The van der Waals surface area contributed by atoms with Crippen LogP contribution in [0, 0.1) is 0 Å². The molecule has 120 valence electrons. The number of hydrogen-bond donors (Lipinski definition) is 3. The van der Waals surface area contributed by atoms with Gasteiger partial charge in [0.2, 0.25) is 17.7 Å². The van der Waals surface area contributed by atoms with E-state index in [2.05, 4.69) is 26.3 Å². The summed E-state index contributed by atoms with van der Waals surface area (Å²) in [6.45, 7) is 6.55. The van der Waals surface area contributed by atoms with Gasteiger partial charge in [0, 0.05) is 0 Å². The van der Waals surface area contributed by atoms with Gasteiger partial charge < -0.3 is 16.0 Å². The van der Waals surface area contributed by atoms with E-state index in [1.807, 2.05) is 0 Å². The number of fused-ring (bicyclic) bond motifs is 2. The molecule has 0 aromatic carbocycles. The van der Waals surface area contributed by atoms with Crippen molar-refractivity contribution in [1.29, 1.82) is 0 Å². The molecule has 0 saturated heterocycles. The zero-order chi connectivity index (χ0) is 16.4. The van der Waals surface area contributed by atoms with Gasteiger partial charge >= 0.3 is 0 Å². The molecule has 22 heavy (non-hydrogen) atoms. The molecule has 1 aromatic heterocycles. The van der Waals surface area contributed by atoms with Crippen LogP contribution in [-0.2, 0) is 14.4 Å². The normalized spacial score (nSPS) is 30.3. The van der Waals surface area contributed by atoms with Crippen LogP contribution in [0.4, 0.5) is 0 Å². The predicted molar refractivity (Wildman–Crippen MR) is 76.5 cm³/mol. The van der Waals surface area contributed by atoms with Crippen LogP contribution in [0.5, 0.6) is 0 Å². The molecule has 0 unspecified atom stereocenters. The molecule has 9 nitrogen and oxygen atoms in total. The van der Waals surface area contributed by atoms with Crippen molar-refractivity contribution >= 4 is 17.7 Å². The zero-order valence-corrected chi connectivity index (χ0v) is 13.0. The Kier molecular flexibility index (Phi) is 4.43. The van der Waals surface area contributed by atoms with Crippen molar-refractivity contribution in [3.8, 4) is 0 Å². The zero-order valence-electron chi connectivity index (χ0n) is 13.0. The van der Waals surface area contributed by atoms with E-state index >= 15 is 0 Å². The fourth-order valence-corrected chi connectivity index (χ4v) is 2.01. The highest BCUT2D eigenvalue weighted by Gasteiger charge is 2.26. The summed E-state index contributed by atoms with van der Waals surface area (Å²) in [6.07, 6.45) is 1.61. The number of carbonyl (C=O) groups is 3. The van der Waals surface area contributed by atoms with E-state index in [0.29, 0.717) is 5.69 Å². The van der Waals surface area contributed by atoms with Crippen LogP contribution < -0.4 is 16.0 Å². The predicted octanol–water partition coefficient (Wildman–Crippen LogP) is -0.961. The first kappa shape index (κ1) is 15.9. The van der Waals surface area contributed by atoms with Gasteiger partial charge in [-0.05, 0) is 27.7 Å². The van der Waals surface area contributed by atoms with E-state index in [1.165, 1.54) is 4.68 Å². The van der Waals surface area contributed by atoms with Crippen LogP contribution >= 0.6 is 0 Å². The first-order valence-electron chi connectivity index (χ1n) is 7.12. The lowest BCUT2D eigenvalue weighted by atomic mass is 10.2. The Hall–Kier alpha value is -2.45. The van der Waals surface area contributed by atoms with Gasteiger partial charge in [0.15, 0.2) is 0 Å². The average molecular weight is 308 g/mol. The molecule has 1 aromatic rings. The van der Waals surface area contributed by atoms with Gasteiger partial charge in [-0.15, -0.1) is 5.10 Å². The molecule has 0 radical (unpaired) electrons. The molecule has 3 N–H and O–H groups in total. The Morgan fingerprint density at radius 3 is 1.95 bits per heavy atom. The van der Waals surface area contributed by atoms with Gasteiger partial charge in [-0.3, -0.25) is 14.4 Å². The summed E-state index contributed by atoms with van der Waals surface area (Å²) in [5, 5.41) is 15.8. The number of carbonyl (C=O) groups excluding carboxylic acids is 3. The number of amides is 3.